The third-order valence-corrected chi connectivity index (χ3v) is 3.26. The molecule has 2 aromatic rings. The summed E-state index contributed by atoms with van der Waals surface area (Å²) in [4.78, 5) is 13.6. The summed E-state index contributed by atoms with van der Waals surface area (Å²) in [5, 5.41) is 0. The second-order valence-electron chi connectivity index (χ2n) is 5.07. The number of hydrogen-bond acceptors (Lipinski definition) is 3. The molecule has 0 spiro atoms. The predicted octanol–water partition coefficient (Wildman–Crippen LogP) is 3.26. The third-order valence-electron chi connectivity index (χ3n) is 3.26. The molecule has 0 unspecified atom stereocenters. The Morgan fingerprint density at radius 3 is 2.17 bits per heavy atom. The van der Waals surface area contributed by atoms with Crippen molar-refractivity contribution in [3.05, 3.63) is 59.9 Å². The molecule has 0 aliphatic rings. The summed E-state index contributed by atoms with van der Waals surface area (Å²) < 4.78 is 23.5. The van der Waals surface area contributed by atoms with E-state index >= 15 is 0 Å². The first-order chi connectivity index (χ1) is 11.1. The van der Waals surface area contributed by atoms with Gasteiger partial charge in [-0.05, 0) is 48.9 Å². The highest BCUT2D eigenvalue weighted by Crippen LogP contribution is 2.14. The number of carbonyl (C=O) groups excluding carboxylic acids is 1. The van der Waals surface area contributed by atoms with Gasteiger partial charge in [0.25, 0.3) is 5.91 Å². The van der Waals surface area contributed by atoms with Crippen molar-refractivity contribution in [2.75, 3.05) is 20.3 Å². The van der Waals surface area contributed by atoms with E-state index in [0.717, 1.165) is 11.3 Å². The largest absolute Gasteiger partial charge is 0.494 e. The maximum Gasteiger partial charge on any atom is 0.260 e. The Morgan fingerprint density at radius 2 is 1.57 bits per heavy atom. The lowest BCUT2D eigenvalue weighted by molar-refractivity contribution is -0.132. The quantitative estimate of drug-likeness (QED) is 0.787. The molecule has 122 valence electrons. The van der Waals surface area contributed by atoms with Crippen LogP contribution in [0.25, 0.3) is 0 Å². The highest BCUT2D eigenvalue weighted by Gasteiger charge is 2.10. The average Bonchev–Trinajstić information content (AvgIpc) is 2.56. The van der Waals surface area contributed by atoms with Gasteiger partial charge in [-0.2, -0.15) is 0 Å². The average molecular weight is 317 g/mol. The molecule has 0 saturated heterocycles. The normalized spacial score (nSPS) is 10.2. The fourth-order valence-corrected chi connectivity index (χ4v) is 2.01. The van der Waals surface area contributed by atoms with Gasteiger partial charge in [-0.25, -0.2) is 4.39 Å². The number of rotatable bonds is 7. The molecule has 0 N–H and O–H groups in total. The summed E-state index contributed by atoms with van der Waals surface area (Å²) in [5.41, 5.74) is 1.01. The number of likely N-dealkylation sites (N-methyl/N-ethyl adjacent to an activating group) is 1. The van der Waals surface area contributed by atoms with Crippen molar-refractivity contribution in [3.8, 4) is 11.5 Å². The van der Waals surface area contributed by atoms with Crippen LogP contribution in [0, 0.1) is 5.82 Å². The number of halogens is 1. The van der Waals surface area contributed by atoms with Gasteiger partial charge in [0.1, 0.15) is 17.3 Å². The molecule has 4 nitrogen and oxygen atoms in total. The highest BCUT2D eigenvalue weighted by atomic mass is 19.1. The second kappa shape index (κ2) is 8.17. The fourth-order valence-electron chi connectivity index (χ4n) is 2.01. The van der Waals surface area contributed by atoms with Crippen molar-refractivity contribution >= 4 is 5.91 Å². The van der Waals surface area contributed by atoms with Gasteiger partial charge in [0.05, 0.1) is 6.61 Å². The number of hydrogen-bond donors (Lipinski definition) is 0. The second-order valence-corrected chi connectivity index (χ2v) is 5.07. The zero-order valence-corrected chi connectivity index (χ0v) is 13.3. The first kappa shape index (κ1) is 16.8. The maximum absolute atomic E-state index is 12.8. The summed E-state index contributed by atoms with van der Waals surface area (Å²) in [5.74, 6) is 0.790. The molecule has 0 aliphatic carbocycles. The molecule has 5 heteroatoms. The van der Waals surface area contributed by atoms with Crippen LogP contribution in [0.1, 0.15) is 12.5 Å². The summed E-state index contributed by atoms with van der Waals surface area (Å²) in [6.07, 6.45) is 0. The van der Waals surface area contributed by atoms with E-state index in [2.05, 4.69) is 0 Å². The van der Waals surface area contributed by atoms with E-state index in [9.17, 15) is 9.18 Å². The molecule has 0 bridgehead atoms. The van der Waals surface area contributed by atoms with Gasteiger partial charge in [0, 0.05) is 13.6 Å². The molecular weight excluding hydrogens is 297 g/mol. The number of amides is 1. The van der Waals surface area contributed by atoms with Crippen LogP contribution in [0.15, 0.2) is 48.5 Å². The van der Waals surface area contributed by atoms with E-state index in [0.29, 0.717) is 18.9 Å². The Labute approximate surface area is 135 Å². The molecular formula is C18H20FNO3. The van der Waals surface area contributed by atoms with Crippen LogP contribution < -0.4 is 9.47 Å². The van der Waals surface area contributed by atoms with Crippen molar-refractivity contribution in [2.45, 2.75) is 13.5 Å². The molecule has 0 heterocycles. The molecule has 2 aromatic carbocycles. The highest BCUT2D eigenvalue weighted by molar-refractivity contribution is 5.77. The van der Waals surface area contributed by atoms with Gasteiger partial charge >= 0.3 is 0 Å². The summed E-state index contributed by atoms with van der Waals surface area (Å²) >= 11 is 0. The SMILES string of the molecule is CCOc1ccc(CN(C)C(=O)COc2ccc(F)cc2)cc1. The monoisotopic (exact) mass is 317 g/mol. The molecule has 0 fully saturated rings. The zero-order valence-electron chi connectivity index (χ0n) is 13.3. The number of carbonyl (C=O) groups is 1. The number of ether oxygens (including phenoxy) is 2. The van der Waals surface area contributed by atoms with Gasteiger partial charge in [0.15, 0.2) is 6.61 Å². The van der Waals surface area contributed by atoms with Crippen LogP contribution in [0.4, 0.5) is 4.39 Å². The van der Waals surface area contributed by atoms with Crippen LogP contribution in [-0.4, -0.2) is 31.1 Å². The van der Waals surface area contributed by atoms with Crippen molar-refractivity contribution < 1.29 is 18.7 Å². The zero-order chi connectivity index (χ0) is 16.7. The van der Waals surface area contributed by atoms with E-state index in [1.165, 1.54) is 24.3 Å². The molecule has 0 radical (unpaired) electrons. The van der Waals surface area contributed by atoms with Gasteiger partial charge in [-0.1, -0.05) is 12.1 Å². The fraction of sp³-hybridized carbons (Fsp3) is 0.278. The van der Waals surface area contributed by atoms with Crippen LogP contribution in [0.2, 0.25) is 0 Å². The standard InChI is InChI=1S/C18H20FNO3/c1-3-22-16-8-4-14(5-9-16)12-20(2)18(21)13-23-17-10-6-15(19)7-11-17/h4-11H,3,12-13H2,1-2H3. The predicted molar refractivity (Wildman–Crippen MR) is 86.0 cm³/mol. The Morgan fingerprint density at radius 1 is 1.00 bits per heavy atom. The third kappa shape index (κ3) is 5.29. The first-order valence-electron chi connectivity index (χ1n) is 7.42. The minimum atomic E-state index is -0.337. The van der Waals surface area contributed by atoms with Crippen molar-refractivity contribution in [1.29, 1.82) is 0 Å². The van der Waals surface area contributed by atoms with Crippen molar-refractivity contribution in [3.63, 3.8) is 0 Å². The lowest BCUT2D eigenvalue weighted by Gasteiger charge is -2.18. The topological polar surface area (TPSA) is 38.8 Å². The lowest BCUT2D eigenvalue weighted by Crippen LogP contribution is -2.30. The van der Waals surface area contributed by atoms with E-state index in [1.54, 1.807) is 11.9 Å². The van der Waals surface area contributed by atoms with Crippen molar-refractivity contribution in [1.82, 2.24) is 4.90 Å². The van der Waals surface area contributed by atoms with Gasteiger partial charge in [-0.15, -0.1) is 0 Å². The lowest BCUT2D eigenvalue weighted by atomic mass is 10.2. The maximum atomic E-state index is 12.8. The molecule has 1 amide bonds. The molecule has 23 heavy (non-hydrogen) atoms. The number of benzene rings is 2. The Kier molecular flexibility index (Phi) is 5.97. The summed E-state index contributed by atoms with van der Waals surface area (Å²) in [6.45, 7) is 2.96. The van der Waals surface area contributed by atoms with E-state index in [1.807, 2.05) is 31.2 Å². The van der Waals surface area contributed by atoms with Crippen LogP contribution >= 0.6 is 0 Å². The van der Waals surface area contributed by atoms with E-state index < -0.39 is 0 Å². The minimum absolute atomic E-state index is 0.0842. The van der Waals surface area contributed by atoms with Crippen molar-refractivity contribution in [2.24, 2.45) is 0 Å². The van der Waals surface area contributed by atoms with Crippen LogP contribution in [0.3, 0.4) is 0 Å². The van der Waals surface area contributed by atoms with Gasteiger partial charge in [-0.3, -0.25) is 4.79 Å². The Bertz CT molecular complexity index is 626. The molecule has 0 atom stereocenters. The molecule has 2 rings (SSSR count). The van der Waals surface area contributed by atoms with Crippen LogP contribution in [-0.2, 0) is 11.3 Å². The van der Waals surface area contributed by atoms with E-state index in [-0.39, 0.29) is 18.3 Å². The van der Waals surface area contributed by atoms with Crippen LogP contribution in [0.5, 0.6) is 11.5 Å². The summed E-state index contributed by atoms with van der Waals surface area (Å²) in [6, 6.07) is 13.2. The first-order valence-corrected chi connectivity index (χ1v) is 7.42. The van der Waals surface area contributed by atoms with Gasteiger partial charge < -0.3 is 14.4 Å². The Hall–Kier alpha value is -2.56. The number of nitrogens with zero attached hydrogens (tertiary/aromatic N) is 1. The molecule has 0 saturated carbocycles. The van der Waals surface area contributed by atoms with Gasteiger partial charge in [0.2, 0.25) is 0 Å². The molecule has 0 aliphatic heterocycles. The minimum Gasteiger partial charge on any atom is -0.494 e. The Balaban J connectivity index is 1.83. The van der Waals surface area contributed by atoms with E-state index in [4.69, 9.17) is 9.47 Å². The summed E-state index contributed by atoms with van der Waals surface area (Å²) in [7, 11) is 1.72. The molecule has 0 aromatic heterocycles. The smallest absolute Gasteiger partial charge is 0.260 e.